The van der Waals surface area contributed by atoms with E-state index in [0.717, 1.165) is 41.9 Å². The van der Waals surface area contributed by atoms with E-state index in [1.54, 1.807) is 0 Å². The number of likely N-dealkylation sites (tertiary alicyclic amines) is 1. The Morgan fingerprint density at radius 2 is 1.85 bits per heavy atom. The first kappa shape index (κ1) is 16.4. The Hall–Kier alpha value is -2.82. The third-order valence-electron chi connectivity index (χ3n) is 6.34. The van der Waals surface area contributed by atoms with Crippen molar-refractivity contribution in [2.45, 2.75) is 31.1 Å². The van der Waals surface area contributed by atoms with Crippen molar-refractivity contribution in [3.8, 4) is 0 Å². The van der Waals surface area contributed by atoms with Gasteiger partial charge >= 0.3 is 0 Å². The van der Waals surface area contributed by atoms with E-state index in [4.69, 9.17) is 0 Å². The van der Waals surface area contributed by atoms with Gasteiger partial charge in [0.05, 0.1) is 16.7 Å². The summed E-state index contributed by atoms with van der Waals surface area (Å²) in [5, 5.41) is 6.43. The van der Waals surface area contributed by atoms with E-state index in [9.17, 15) is 9.59 Å². The number of hydrogen-bond donors (Lipinski definition) is 2. The van der Waals surface area contributed by atoms with Crippen LogP contribution in [0.1, 0.15) is 40.7 Å². The Kier molecular flexibility index (Phi) is 3.71. The fraction of sp³-hybridized carbons (Fsp3) is 0.364. The summed E-state index contributed by atoms with van der Waals surface area (Å²) >= 11 is 0. The molecule has 0 bridgehead atoms. The molecule has 2 N–H and O–H groups in total. The number of hydrogen-bond acceptors (Lipinski definition) is 3. The Bertz CT molecular complexity index is 929. The number of nitrogens with zero attached hydrogens (tertiary/aromatic N) is 1. The molecular weight excluding hydrogens is 338 g/mol. The predicted octanol–water partition coefficient (Wildman–Crippen LogP) is 3.17. The molecular formula is C22H23N3O2. The zero-order valence-electron chi connectivity index (χ0n) is 15.3. The zero-order valence-corrected chi connectivity index (χ0v) is 15.3. The van der Waals surface area contributed by atoms with Crippen LogP contribution >= 0.6 is 0 Å². The summed E-state index contributed by atoms with van der Waals surface area (Å²) in [6.45, 7) is 2.12. The number of nitrogens with one attached hydrogen (secondary N) is 2. The van der Waals surface area contributed by atoms with Gasteiger partial charge < -0.3 is 15.5 Å². The molecule has 1 fully saturated rings. The smallest absolute Gasteiger partial charge is 0.255 e. The summed E-state index contributed by atoms with van der Waals surface area (Å²) in [7, 11) is 0. The summed E-state index contributed by atoms with van der Waals surface area (Å²) in [5.74, 6) is 0.150. The van der Waals surface area contributed by atoms with E-state index in [2.05, 4.69) is 16.7 Å². The summed E-state index contributed by atoms with van der Waals surface area (Å²) in [5.41, 5.74) is 4.51. The number of benzene rings is 2. The Morgan fingerprint density at radius 1 is 1.04 bits per heavy atom. The number of fused-ring (bicyclic) bond motifs is 3. The third kappa shape index (κ3) is 2.45. The van der Waals surface area contributed by atoms with E-state index in [1.165, 1.54) is 5.56 Å². The second kappa shape index (κ2) is 6.12. The lowest BCUT2D eigenvalue weighted by Gasteiger charge is -2.38. The zero-order chi connectivity index (χ0) is 18.4. The van der Waals surface area contributed by atoms with E-state index in [1.807, 2.05) is 41.3 Å². The van der Waals surface area contributed by atoms with E-state index >= 15 is 0 Å². The quantitative estimate of drug-likeness (QED) is 0.820. The number of anilines is 2. The molecule has 1 spiro atoms. The minimum Gasteiger partial charge on any atom is -0.384 e. The maximum atomic E-state index is 13.2. The van der Waals surface area contributed by atoms with Crippen LogP contribution in [0.15, 0.2) is 42.5 Å². The Labute approximate surface area is 158 Å². The van der Waals surface area contributed by atoms with E-state index in [-0.39, 0.29) is 11.8 Å². The maximum Gasteiger partial charge on any atom is 0.255 e. The SMILES string of the molecule is O=C(c1cccc2c1NCCC2)N1CCC2(CC1)C(=O)Nc1ccccc12. The topological polar surface area (TPSA) is 61.4 Å². The number of para-hydroxylation sites is 2. The predicted molar refractivity (Wildman–Crippen MR) is 105 cm³/mol. The van der Waals surface area contributed by atoms with Crippen molar-refractivity contribution in [1.29, 1.82) is 0 Å². The molecule has 3 aliphatic rings. The second-order valence-electron chi connectivity index (χ2n) is 7.74. The van der Waals surface area contributed by atoms with Gasteiger partial charge in [-0.05, 0) is 48.9 Å². The van der Waals surface area contributed by atoms with Crippen LogP contribution in [0, 0.1) is 0 Å². The van der Waals surface area contributed by atoms with Crippen LogP contribution in [0.4, 0.5) is 11.4 Å². The van der Waals surface area contributed by atoms with Crippen molar-refractivity contribution in [2.24, 2.45) is 0 Å². The monoisotopic (exact) mass is 361 g/mol. The van der Waals surface area contributed by atoms with Crippen LogP contribution in [0.2, 0.25) is 0 Å². The van der Waals surface area contributed by atoms with Crippen LogP contribution in [0.3, 0.4) is 0 Å². The fourth-order valence-electron chi connectivity index (χ4n) is 4.82. The summed E-state index contributed by atoms with van der Waals surface area (Å²) in [6.07, 6.45) is 3.46. The molecule has 5 nitrogen and oxygen atoms in total. The largest absolute Gasteiger partial charge is 0.384 e. The highest BCUT2D eigenvalue weighted by Crippen LogP contribution is 2.45. The highest BCUT2D eigenvalue weighted by Gasteiger charge is 2.48. The van der Waals surface area contributed by atoms with Crippen molar-refractivity contribution in [3.05, 3.63) is 59.2 Å². The first-order chi connectivity index (χ1) is 13.2. The van der Waals surface area contributed by atoms with Crippen molar-refractivity contribution in [1.82, 2.24) is 4.90 Å². The van der Waals surface area contributed by atoms with Crippen molar-refractivity contribution < 1.29 is 9.59 Å². The van der Waals surface area contributed by atoms with Gasteiger partial charge in [-0.3, -0.25) is 9.59 Å². The molecule has 5 heteroatoms. The van der Waals surface area contributed by atoms with Crippen LogP contribution < -0.4 is 10.6 Å². The van der Waals surface area contributed by atoms with Gasteiger partial charge in [-0.25, -0.2) is 0 Å². The average molecular weight is 361 g/mol. The number of aryl methyl sites for hydroxylation is 1. The van der Waals surface area contributed by atoms with E-state index in [0.29, 0.717) is 25.9 Å². The van der Waals surface area contributed by atoms with Crippen LogP contribution in [0.5, 0.6) is 0 Å². The molecule has 2 aromatic rings. The van der Waals surface area contributed by atoms with Gasteiger partial charge in [0.15, 0.2) is 0 Å². The first-order valence-corrected chi connectivity index (χ1v) is 9.75. The molecule has 0 atom stereocenters. The average Bonchev–Trinajstić information content (AvgIpc) is 2.99. The Morgan fingerprint density at radius 3 is 2.70 bits per heavy atom. The maximum absolute atomic E-state index is 13.2. The van der Waals surface area contributed by atoms with Gasteiger partial charge in [0.2, 0.25) is 5.91 Å². The lowest BCUT2D eigenvalue weighted by Crippen LogP contribution is -2.48. The minimum atomic E-state index is -0.484. The molecule has 5 rings (SSSR count). The molecule has 0 saturated carbocycles. The van der Waals surface area contributed by atoms with Gasteiger partial charge in [-0.2, -0.15) is 0 Å². The van der Waals surface area contributed by atoms with Crippen LogP contribution in [-0.2, 0) is 16.6 Å². The lowest BCUT2D eigenvalue weighted by molar-refractivity contribution is -0.122. The van der Waals surface area contributed by atoms with Gasteiger partial charge in [-0.15, -0.1) is 0 Å². The second-order valence-corrected chi connectivity index (χ2v) is 7.74. The van der Waals surface area contributed by atoms with Crippen LogP contribution in [-0.4, -0.2) is 36.3 Å². The van der Waals surface area contributed by atoms with Gasteiger partial charge in [0, 0.05) is 25.3 Å². The summed E-state index contributed by atoms with van der Waals surface area (Å²) in [6, 6.07) is 13.9. The number of amides is 2. The molecule has 27 heavy (non-hydrogen) atoms. The van der Waals surface area contributed by atoms with Crippen molar-refractivity contribution in [2.75, 3.05) is 30.3 Å². The lowest BCUT2D eigenvalue weighted by atomic mass is 9.73. The van der Waals surface area contributed by atoms with E-state index < -0.39 is 5.41 Å². The van der Waals surface area contributed by atoms with Crippen molar-refractivity contribution in [3.63, 3.8) is 0 Å². The first-order valence-electron chi connectivity index (χ1n) is 9.75. The number of rotatable bonds is 1. The van der Waals surface area contributed by atoms with Gasteiger partial charge in [0.1, 0.15) is 0 Å². The summed E-state index contributed by atoms with van der Waals surface area (Å²) < 4.78 is 0. The molecule has 1 saturated heterocycles. The highest BCUT2D eigenvalue weighted by molar-refractivity contribution is 6.06. The molecule has 0 aliphatic carbocycles. The standard InChI is InChI=1S/C22H23N3O2/c26-20(16-7-3-5-15-6-4-12-23-19(15)16)25-13-10-22(11-14-25)17-8-1-2-9-18(17)24-21(22)27/h1-3,5,7-9,23H,4,6,10-14H2,(H,24,27). The molecule has 138 valence electrons. The van der Waals surface area contributed by atoms with Crippen molar-refractivity contribution >= 4 is 23.2 Å². The molecule has 3 heterocycles. The number of carbonyl (C=O) groups excluding carboxylic acids is 2. The molecule has 0 unspecified atom stereocenters. The fourth-order valence-corrected chi connectivity index (χ4v) is 4.82. The highest BCUT2D eigenvalue weighted by atomic mass is 16.2. The number of carbonyl (C=O) groups is 2. The molecule has 0 aromatic heterocycles. The van der Waals surface area contributed by atoms with Gasteiger partial charge in [-0.1, -0.05) is 30.3 Å². The molecule has 2 aromatic carbocycles. The van der Waals surface area contributed by atoms with Crippen LogP contribution in [0.25, 0.3) is 0 Å². The minimum absolute atomic E-state index is 0.0720. The molecule has 3 aliphatic heterocycles. The van der Waals surface area contributed by atoms with Gasteiger partial charge in [0.25, 0.3) is 5.91 Å². The number of piperidine rings is 1. The third-order valence-corrected chi connectivity index (χ3v) is 6.34. The molecule has 2 amide bonds. The Balaban J connectivity index is 1.39. The normalized spacial score (nSPS) is 19.9. The molecule has 0 radical (unpaired) electrons. The summed E-state index contributed by atoms with van der Waals surface area (Å²) in [4.78, 5) is 27.8.